The van der Waals surface area contributed by atoms with Gasteiger partial charge in [-0.1, -0.05) is 6.42 Å². The van der Waals surface area contributed by atoms with Crippen LogP contribution in [0.2, 0.25) is 0 Å². The van der Waals surface area contributed by atoms with Crippen LogP contribution in [0.3, 0.4) is 0 Å². The number of ether oxygens (including phenoxy) is 1. The molecule has 1 saturated carbocycles. The Morgan fingerprint density at radius 3 is 2.61 bits per heavy atom. The lowest BCUT2D eigenvalue weighted by atomic mass is 9.69. The predicted octanol–water partition coefficient (Wildman–Crippen LogP) is 0.577. The highest BCUT2D eigenvalue weighted by atomic mass is 16.5. The maximum atomic E-state index is 11.6. The summed E-state index contributed by atoms with van der Waals surface area (Å²) in [6.45, 7) is 2.26. The molecule has 18 heavy (non-hydrogen) atoms. The van der Waals surface area contributed by atoms with Gasteiger partial charge in [-0.3, -0.25) is 4.79 Å². The fourth-order valence-electron chi connectivity index (χ4n) is 2.36. The van der Waals surface area contributed by atoms with E-state index in [0.717, 1.165) is 19.4 Å². The van der Waals surface area contributed by atoms with E-state index in [-0.39, 0.29) is 12.6 Å². The minimum absolute atomic E-state index is 0.218. The number of carboxylic acids is 1. The number of hydrogen-bond acceptors (Lipinski definition) is 3. The largest absolute Gasteiger partial charge is 0.481 e. The third-order valence-corrected chi connectivity index (χ3v) is 3.93. The van der Waals surface area contributed by atoms with Crippen molar-refractivity contribution >= 4 is 12.0 Å². The maximum absolute atomic E-state index is 11.6. The molecule has 6 nitrogen and oxygen atoms in total. The highest BCUT2D eigenvalue weighted by molar-refractivity contribution is 5.78. The van der Waals surface area contributed by atoms with Crippen molar-refractivity contribution in [3.05, 3.63) is 0 Å². The van der Waals surface area contributed by atoms with Crippen LogP contribution in [0.5, 0.6) is 0 Å². The molecular formula is C12H20N2O4. The van der Waals surface area contributed by atoms with Gasteiger partial charge in [-0.25, -0.2) is 4.79 Å². The van der Waals surface area contributed by atoms with Gasteiger partial charge in [0.2, 0.25) is 0 Å². The van der Waals surface area contributed by atoms with Gasteiger partial charge in [-0.05, 0) is 19.3 Å². The molecule has 1 saturated heterocycles. The van der Waals surface area contributed by atoms with Crippen LogP contribution in [-0.4, -0.2) is 43.4 Å². The zero-order valence-corrected chi connectivity index (χ0v) is 10.4. The normalized spacial score (nSPS) is 25.2. The molecule has 0 aromatic carbocycles. The van der Waals surface area contributed by atoms with Crippen molar-refractivity contribution in [3.8, 4) is 0 Å². The molecule has 1 atom stereocenters. The number of aliphatic carboxylic acids is 1. The van der Waals surface area contributed by atoms with E-state index in [1.165, 1.54) is 0 Å². The first-order valence-electron chi connectivity index (χ1n) is 6.45. The lowest BCUT2D eigenvalue weighted by molar-refractivity contribution is -0.153. The average molecular weight is 256 g/mol. The van der Waals surface area contributed by atoms with E-state index in [1.54, 1.807) is 0 Å². The molecule has 0 aromatic heterocycles. The molecule has 0 radical (unpaired) electrons. The van der Waals surface area contributed by atoms with Crippen molar-refractivity contribution in [1.29, 1.82) is 0 Å². The summed E-state index contributed by atoms with van der Waals surface area (Å²) in [6.07, 6.45) is 3.20. The van der Waals surface area contributed by atoms with Crippen LogP contribution in [0.15, 0.2) is 0 Å². The van der Waals surface area contributed by atoms with Crippen molar-refractivity contribution in [3.63, 3.8) is 0 Å². The number of carbonyl (C=O) groups excluding carboxylic acids is 1. The van der Waals surface area contributed by atoms with E-state index in [4.69, 9.17) is 9.84 Å². The lowest BCUT2D eigenvalue weighted by Gasteiger charge is -2.37. The Kier molecular flexibility index (Phi) is 4.06. The van der Waals surface area contributed by atoms with Crippen molar-refractivity contribution < 1.29 is 19.4 Å². The van der Waals surface area contributed by atoms with E-state index in [2.05, 4.69) is 10.6 Å². The summed E-state index contributed by atoms with van der Waals surface area (Å²) in [6, 6.07) is -0.283. The smallest absolute Gasteiger partial charge is 0.314 e. The van der Waals surface area contributed by atoms with Gasteiger partial charge < -0.3 is 20.5 Å². The summed E-state index contributed by atoms with van der Waals surface area (Å²) >= 11 is 0. The van der Waals surface area contributed by atoms with Gasteiger partial charge in [0.1, 0.15) is 0 Å². The van der Waals surface area contributed by atoms with Gasteiger partial charge in [-0.15, -0.1) is 0 Å². The highest BCUT2D eigenvalue weighted by Gasteiger charge is 2.44. The van der Waals surface area contributed by atoms with Crippen LogP contribution in [0.25, 0.3) is 0 Å². The second kappa shape index (κ2) is 5.56. The highest BCUT2D eigenvalue weighted by Crippen LogP contribution is 2.40. The van der Waals surface area contributed by atoms with Gasteiger partial charge in [0.25, 0.3) is 0 Å². The summed E-state index contributed by atoms with van der Waals surface area (Å²) in [5.41, 5.74) is -0.728. The second-order valence-corrected chi connectivity index (χ2v) is 5.23. The second-order valence-electron chi connectivity index (χ2n) is 5.23. The molecule has 2 fully saturated rings. The summed E-state index contributed by atoms with van der Waals surface area (Å²) in [4.78, 5) is 22.6. The van der Waals surface area contributed by atoms with Crippen molar-refractivity contribution in [2.75, 3.05) is 26.3 Å². The molecule has 0 aromatic rings. The Morgan fingerprint density at radius 2 is 2.11 bits per heavy atom. The molecule has 1 aliphatic heterocycles. The first-order chi connectivity index (χ1) is 8.62. The third-order valence-electron chi connectivity index (χ3n) is 3.93. The van der Waals surface area contributed by atoms with E-state index in [9.17, 15) is 9.59 Å². The maximum Gasteiger partial charge on any atom is 0.314 e. The molecular weight excluding hydrogens is 236 g/mol. The Balaban J connectivity index is 1.66. The van der Waals surface area contributed by atoms with Gasteiger partial charge in [0.05, 0.1) is 12.0 Å². The Labute approximate surface area is 106 Å². The van der Waals surface area contributed by atoms with Gasteiger partial charge in [0.15, 0.2) is 0 Å². The van der Waals surface area contributed by atoms with Crippen molar-refractivity contribution in [1.82, 2.24) is 10.6 Å². The number of amides is 2. The summed E-state index contributed by atoms with van der Waals surface area (Å²) < 4.78 is 5.21. The number of carboxylic acid groups (broad SMARTS) is 1. The molecule has 1 unspecified atom stereocenters. The van der Waals surface area contributed by atoms with E-state index in [1.807, 2.05) is 0 Å². The number of rotatable bonds is 5. The molecule has 0 bridgehead atoms. The topological polar surface area (TPSA) is 87.7 Å². The summed E-state index contributed by atoms with van der Waals surface area (Å²) in [5, 5.41) is 14.5. The van der Waals surface area contributed by atoms with Gasteiger partial charge in [0, 0.05) is 25.6 Å². The fourth-order valence-corrected chi connectivity index (χ4v) is 2.36. The van der Waals surface area contributed by atoms with Crippen LogP contribution in [0, 0.1) is 11.3 Å². The van der Waals surface area contributed by atoms with Crippen LogP contribution >= 0.6 is 0 Å². The van der Waals surface area contributed by atoms with Crippen LogP contribution in [0.4, 0.5) is 4.79 Å². The van der Waals surface area contributed by atoms with Crippen LogP contribution < -0.4 is 10.6 Å². The number of carbonyl (C=O) groups is 2. The monoisotopic (exact) mass is 256 g/mol. The standard InChI is InChI=1S/C12H20N2O4/c15-10(16)12(3-1-4-12)8-14-11(17)13-6-9-2-5-18-7-9/h9H,1-8H2,(H,15,16)(H2,13,14,17). The van der Waals surface area contributed by atoms with E-state index >= 15 is 0 Å². The summed E-state index contributed by atoms with van der Waals surface area (Å²) in [7, 11) is 0. The lowest BCUT2D eigenvalue weighted by Crippen LogP contribution is -2.50. The Hall–Kier alpha value is -1.30. The molecule has 2 rings (SSSR count). The van der Waals surface area contributed by atoms with Crippen molar-refractivity contribution in [2.24, 2.45) is 11.3 Å². The first kappa shape index (κ1) is 13.1. The van der Waals surface area contributed by atoms with Crippen LogP contribution in [-0.2, 0) is 9.53 Å². The number of hydrogen-bond donors (Lipinski definition) is 3. The zero-order chi connectivity index (χ0) is 13.0. The molecule has 0 spiro atoms. The molecule has 2 amide bonds. The fraction of sp³-hybridized carbons (Fsp3) is 0.833. The minimum Gasteiger partial charge on any atom is -0.481 e. The summed E-state index contributed by atoms with van der Waals surface area (Å²) in [5.74, 6) is -0.425. The molecule has 3 N–H and O–H groups in total. The molecule has 6 heteroatoms. The SMILES string of the molecule is O=C(NCC1CCOC1)NCC1(C(=O)O)CCC1. The van der Waals surface area contributed by atoms with E-state index < -0.39 is 11.4 Å². The molecule has 2 aliphatic rings. The van der Waals surface area contributed by atoms with Crippen molar-refractivity contribution in [2.45, 2.75) is 25.7 Å². The van der Waals surface area contributed by atoms with Gasteiger partial charge in [-0.2, -0.15) is 0 Å². The number of urea groups is 1. The Morgan fingerprint density at radius 1 is 1.33 bits per heavy atom. The molecule has 1 heterocycles. The first-order valence-corrected chi connectivity index (χ1v) is 6.45. The molecule has 102 valence electrons. The van der Waals surface area contributed by atoms with Crippen LogP contribution in [0.1, 0.15) is 25.7 Å². The van der Waals surface area contributed by atoms with E-state index in [0.29, 0.717) is 31.9 Å². The predicted molar refractivity (Wildman–Crippen MR) is 64.2 cm³/mol. The quantitative estimate of drug-likeness (QED) is 0.671. The molecule has 1 aliphatic carbocycles. The van der Waals surface area contributed by atoms with Gasteiger partial charge >= 0.3 is 12.0 Å². The third kappa shape index (κ3) is 2.93. The average Bonchev–Trinajstić information content (AvgIpc) is 2.77. The minimum atomic E-state index is -0.807. The zero-order valence-electron chi connectivity index (χ0n) is 10.4. The number of nitrogens with one attached hydrogen (secondary N) is 2. The Bertz CT molecular complexity index is 322.